The number of carbonyl (C=O) groups excluding carboxylic acids is 1. The predicted octanol–water partition coefficient (Wildman–Crippen LogP) is 2.16. The van der Waals surface area contributed by atoms with Crippen molar-refractivity contribution < 1.29 is 17.9 Å². The van der Waals surface area contributed by atoms with Crippen LogP contribution < -0.4 is 0 Å². The molecule has 2 aromatic rings. The third kappa shape index (κ3) is 1.65. The summed E-state index contributed by atoms with van der Waals surface area (Å²) in [6, 6.07) is 17.6. The van der Waals surface area contributed by atoms with Crippen molar-refractivity contribution in [3.63, 3.8) is 0 Å². The number of sulfonamides is 1. The molecule has 6 bridgehead atoms. The van der Waals surface area contributed by atoms with Gasteiger partial charge in [-0.25, -0.2) is 13.2 Å². The van der Waals surface area contributed by atoms with Crippen LogP contribution in [0.5, 0.6) is 0 Å². The first kappa shape index (κ1) is 14.9. The van der Waals surface area contributed by atoms with Gasteiger partial charge in [-0.2, -0.15) is 4.31 Å². The Bertz CT molecular complexity index is 989. The van der Waals surface area contributed by atoms with Crippen molar-refractivity contribution in [3.05, 3.63) is 66.2 Å². The molecule has 5 nitrogen and oxygen atoms in total. The molecule has 1 heterocycles. The topological polar surface area (TPSA) is 63.7 Å². The van der Waals surface area contributed by atoms with Gasteiger partial charge in [0.1, 0.15) is 6.10 Å². The first-order chi connectivity index (χ1) is 12.6. The van der Waals surface area contributed by atoms with E-state index < -0.39 is 10.0 Å². The Morgan fingerprint density at radius 2 is 1.38 bits per heavy atom. The number of benzene rings is 2. The number of ether oxygens (including phenoxy) is 1. The summed E-state index contributed by atoms with van der Waals surface area (Å²) in [5.74, 6) is 0.964. The van der Waals surface area contributed by atoms with E-state index in [1.54, 1.807) is 40.7 Å². The van der Waals surface area contributed by atoms with Gasteiger partial charge in [0, 0.05) is 23.9 Å². The van der Waals surface area contributed by atoms with Crippen LogP contribution in [0.4, 0.5) is 0 Å². The lowest BCUT2D eigenvalue weighted by Crippen LogP contribution is -2.61. The molecule has 4 aliphatic carbocycles. The maximum Gasteiger partial charge on any atom is 0.338 e. The second kappa shape index (κ2) is 4.75. The van der Waals surface area contributed by atoms with E-state index in [9.17, 15) is 13.2 Å². The minimum atomic E-state index is -3.46. The van der Waals surface area contributed by atoms with E-state index in [0.717, 1.165) is 0 Å². The standard InChI is InChI=1S/C20H17NO4S/c22-20(11-7-3-1-4-8-11)25-19-15-13-14(15)18-16(19)17(13)21(18)26(23,24)12-9-5-2-6-10-12/h1-10,13-19H. The number of rotatable bonds is 4. The summed E-state index contributed by atoms with van der Waals surface area (Å²) in [4.78, 5) is 12.7. The van der Waals surface area contributed by atoms with E-state index >= 15 is 0 Å². The first-order valence-electron chi connectivity index (χ1n) is 8.95. The van der Waals surface area contributed by atoms with Crippen LogP contribution in [-0.4, -0.2) is 36.9 Å². The number of piperidine rings is 1. The zero-order chi connectivity index (χ0) is 17.6. The fourth-order valence-electron chi connectivity index (χ4n) is 5.83. The van der Waals surface area contributed by atoms with Gasteiger partial charge in [0.15, 0.2) is 0 Å². The zero-order valence-corrected chi connectivity index (χ0v) is 14.6. The molecule has 4 saturated carbocycles. The van der Waals surface area contributed by atoms with Crippen molar-refractivity contribution in [1.82, 2.24) is 4.31 Å². The molecule has 7 rings (SSSR count). The van der Waals surface area contributed by atoms with Gasteiger partial charge in [0.2, 0.25) is 10.0 Å². The van der Waals surface area contributed by atoms with Gasteiger partial charge in [0.25, 0.3) is 0 Å². The predicted molar refractivity (Wildman–Crippen MR) is 92.6 cm³/mol. The molecule has 0 spiro atoms. The molecule has 26 heavy (non-hydrogen) atoms. The second-order valence-corrected chi connectivity index (χ2v) is 9.52. The van der Waals surface area contributed by atoms with Crippen LogP contribution in [0.15, 0.2) is 65.6 Å². The molecule has 0 radical (unpaired) electrons. The van der Waals surface area contributed by atoms with Crippen LogP contribution in [-0.2, 0) is 14.8 Å². The molecule has 132 valence electrons. The Morgan fingerprint density at radius 1 is 0.808 bits per heavy atom. The van der Waals surface area contributed by atoms with E-state index in [2.05, 4.69) is 0 Å². The third-order valence-corrected chi connectivity index (χ3v) is 8.60. The fraction of sp³-hybridized carbons (Fsp3) is 0.350. The van der Waals surface area contributed by atoms with E-state index in [1.807, 2.05) is 24.3 Å². The van der Waals surface area contributed by atoms with Gasteiger partial charge in [-0.05, 0) is 36.1 Å². The van der Waals surface area contributed by atoms with Gasteiger partial charge in [0.05, 0.1) is 10.5 Å². The highest BCUT2D eigenvalue weighted by atomic mass is 32.2. The Hall–Kier alpha value is -2.18. The molecular weight excluding hydrogens is 350 g/mol. The van der Waals surface area contributed by atoms with Gasteiger partial charge in [-0.15, -0.1) is 0 Å². The van der Waals surface area contributed by atoms with Crippen molar-refractivity contribution in [3.8, 4) is 0 Å². The van der Waals surface area contributed by atoms with Crippen molar-refractivity contribution in [1.29, 1.82) is 0 Å². The second-order valence-electron chi connectivity index (χ2n) is 7.67. The summed E-state index contributed by atoms with van der Waals surface area (Å²) in [5.41, 5.74) is 0.552. The molecule has 6 heteroatoms. The molecule has 0 aromatic heterocycles. The van der Waals surface area contributed by atoms with E-state index in [4.69, 9.17) is 4.74 Å². The molecule has 5 unspecified atom stereocenters. The van der Waals surface area contributed by atoms with Crippen LogP contribution in [0.3, 0.4) is 0 Å². The average Bonchev–Trinajstić information content (AvgIpc) is 2.90. The van der Waals surface area contributed by atoms with Crippen LogP contribution in [0.2, 0.25) is 0 Å². The molecule has 0 amide bonds. The van der Waals surface area contributed by atoms with E-state index in [-0.39, 0.29) is 30.1 Å². The highest BCUT2D eigenvalue weighted by molar-refractivity contribution is 7.89. The highest BCUT2D eigenvalue weighted by Gasteiger charge is 2.89. The first-order valence-corrected chi connectivity index (χ1v) is 10.4. The van der Waals surface area contributed by atoms with Crippen LogP contribution in [0.1, 0.15) is 10.4 Å². The van der Waals surface area contributed by atoms with Gasteiger partial charge < -0.3 is 4.74 Å². The Morgan fingerprint density at radius 3 is 2.00 bits per heavy atom. The van der Waals surface area contributed by atoms with Crippen molar-refractivity contribution in [2.45, 2.75) is 23.1 Å². The number of esters is 1. The van der Waals surface area contributed by atoms with E-state index in [1.165, 1.54) is 0 Å². The Balaban J connectivity index is 1.24. The number of hydrogen-bond acceptors (Lipinski definition) is 4. The van der Waals surface area contributed by atoms with Crippen molar-refractivity contribution in [2.75, 3.05) is 0 Å². The quantitative estimate of drug-likeness (QED) is 0.777. The molecule has 5 aliphatic rings. The highest BCUT2D eigenvalue weighted by Crippen LogP contribution is 2.80. The largest absolute Gasteiger partial charge is 0.458 e. The summed E-state index contributed by atoms with van der Waals surface area (Å²) in [7, 11) is -3.46. The fourth-order valence-corrected chi connectivity index (χ4v) is 7.78. The van der Waals surface area contributed by atoms with Crippen LogP contribution in [0.25, 0.3) is 0 Å². The number of carbonyl (C=O) groups is 1. The lowest BCUT2D eigenvalue weighted by atomic mass is 9.92. The molecule has 5 fully saturated rings. The lowest BCUT2D eigenvalue weighted by molar-refractivity contribution is -0.00904. The Kier molecular flexibility index (Phi) is 2.73. The van der Waals surface area contributed by atoms with Gasteiger partial charge in [-0.3, -0.25) is 0 Å². The van der Waals surface area contributed by atoms with Crippen LogP contribution >= 0.6 is 0 Å². The number of hydrogen-bond donors (Lipinski definition) is 0. The SMILES string of the molecule is O=C(OC1C2C3C2C2C1C3N2S(=O)(=O)c1ccccc1)c1ccccc1. The minimum Gasteiger partial charge on any atom is -0.458 e. The minimum absolute atomic E-state index is 0.00813. The monoisotopic (exact) mass is 367 g/mol. The summed E-state index contributed by atoms with van der Waals surface area (Å²) >= 11 is 0. The van der Waals surface area contributed by atoms with Crippen molar-refractivity contribution >= 4 is 16.0 Å². The molecule has 0 N–H and O–H groups in total. The normalized spacial score (nSPS) is 38.7. The average molecular weight is 367 g/mol. The zero-order valence-electron chi connectivity index (χ0n) is 13.8. The summed E-state index contributed by atoms with van der Waals surface area (Å²) < 4.78 is 33.5. The summed E-state index contributed by atoms with van der Waals surface area (Å²) in [6.45, 7) is 0. The molecule has 5 atom stereocenters. The molecular formula is C20H17NO4S. The summed E-state index contributed by atoms with van der Waals surface area (Å²) in [5, 5.41) is 0. The lowest BCUT2D eigenvalue weighted by Gasteiger charge is -2.46. The smallest absolute Gasteiger partial charge is 0.338 e. The summed E-state index contributed by atoms with van der Waals surface area (Å²) in [6.07, 6.45) is -0.130. The maximum absolute atomic E-state index is 13.0. The van der Waals surface area contributed by atoms with E-state index in [0.29, 0.717) is 28.2 Å². The van der Waals surface area contributed by atoms with Crippen molar-refractivity contribution in [2.24, 2.45) is 23.7 Å². The third-order valence-electron chi connectivity index (χ3n) is 6.69. The molecule has 1 saturated heterocycles. The van der Waals surface area contributed by atoms with Gasteiger partial charge >= 0.3 is 5.97 Å². The maximum atomic E-state index is 13.0. The molecule has 1 aliphatic heterocycles. The Labute approximate surface area is 151 Å². The number of nitrogens with zero attached hydrogens (tertiary/aromatic N) is 1. The van der Waals surface area contributed by atoms with Gasteiger partial charge in [-0.1, -0.05) is 36.4 Å². The molecule has 2 aromatic carbocycles. The van der Waals surface area contributed by atoms with Crippen LogP contribution in [0, 0.1) is 23.7 Å².